The highest BCUT2D eigenvalue weighted by atomic mass is 32.1. The van der Waals surface area contributed by atoms with Crippen molar-refractivity contribution in [1.82, 2.24) is 0 Å². The van der Waals surface area contributed by atoms with E-state index in [0.29, 0.717) is 11.4 Å². The van der Waals surface area contributed by atoms with Crippen LogP contribution in [0.2, 0.25) is 0 Å². The molecule has 2 rings (SSSR count). The van der Waals surface area contributed by atoms with E-state index in [0.717, 1.165) is 0 Å². The molecule has 0 spiro atoms. The smallest absolute Gasteiger partial charge is 0.175 e. The Balaban J connectivity index is 2.01. The van der Waals surface area contributed by atoms with Crippen molar-refractivity contribution < 1.29 is 8.78 Å². The van der Waals surface area contributed by atoms with Gasteiger partial charge in [-0.3, -0.25) is 0 Å². The Morgan fingerprint density at radius 2 is 1.28 bits per heavy atom. The first-order chi connectivity index (χ1) is 8.63. The summed E-state index contributed by atoms with van der Waals surface area (Å²) < 4.78 is 25.9. The maximum Gasteiger partial charge on any atom is 0.175 e. The lowest BCUT2D eigenvalue weighted by Crippen LogP contribution is -2.19. The van der Waals surface area contributed by atoms with Crippen LogP contribution in [0.4, 0.5) is 20.2 Å². The topological polar surface area (TPSA) is 24.1 Å². The normalized spacial score (nSPS) is 9.89. The van der Waals surface area contributed by atoms with Crippen LogP contribution in [-0.4, -0.2) is 5.11 Å². The van der Waals surface area contributed by atoms with Crippen molar-refractivity contribution in [3.8, 4) is 0 Å². The second-order valence-electron chi connectivity index (χ2n) is 3.60. The molecule has 0 radical (unpaired) electrons. The van der Waals surface area contributed by atoms with Crippen molar-refractivity contribution in [2.45, 2.75) is 0 Å². The van der Waals surface area contributed by atoms with Gasteiger partial charge in [-0.25, -0.2) is 8.78 Å². The van der Waals surface area contributed by atoms with Crippen LogP contribution in [0.5, 0.6) is 0 Å². The molecule has 2 nitrogen and oxygen atoms in total. The lowest BCUT2D eigenvalue weighted by Gasteiger charge is -2.10. The van der Waals surface area contributed by atoms with Gasteiger partial charge in [0.1, 0.15) is 11.6 Å². The van der Waals surface area contributed by atoms with E-state index in [1.807, 2.05) is 0 Å². The van der Waals surface area contributed by atoms with E-state index in [1.165, 1.54) is 24.3 Å². The first-order valence-corrected chi connectivity index (χ1v) is 5.63. The predicted molar refractivity (Wildman–Crippen MR) is 72.6 cm³/mol. The number of rotatable bonds is 2. The number of hydrogen-bond acceptors (Lipinski definition) is 1. The minimum atomic E-state index is -0.353. The van der Waals surface area contributed by atoms with E-state index in [1.54, 1.807) is 24.3 Å². The van der Waals surface area contributed by atoms with Crippen LogP contribution in [0.1, 0.15) is 0 Å². The zero-order valence-corrected chi connectivity index (χ0v) is 10.1. The van der Waals surface area contributed by atoms with E-state index in [9.17, 15) is 8.78 Å². The largest absolute Gasteiger partial charge is 0.332 e. The molecule has 0 atom stereocenters. The lowest BCUT2D eigenvalue weighted by molar-refractivity contribution is 0.628. The molecule has 0 aromatic heterocycles. The second kappa shape index (κ2) is 5.55. The third-order valence-electron chi connectivity index (χ3n) is 2.16. The van der Waals surface area contributed by atoms with Gasteiger partial charge in [0.15, 0.2) is 5.11 Å². The fraction of sp³-hybridized carbons (Fsp3) is 0. The van der Waals surface area contributed by atoms with Crippen LogP contribution in [0.15, 0.2) is 48.5 Å². The minimum absolute atomic E-state index is 0.270. The van der Waals surface area contributed by atoms with Gasteiger partial charge in [0.05, 0.1) is 0 Å². The van der Waals surface area contributed by atoms with E-state index >= 15 is 0 Å². The third-order valence-corrected chi connectivity index (χ3v) is 2.37. The van der Waals surface area contributed by atoms with E-state index < -0.39 is 0 Å². The van der Waals surface area contributed by atoms with Crippen molar-refractivity contribution in [1.29, 1.82) is 0 Å². The van der Waals surface area contributed by atoms with Gasteiger partial charge in [0.25, 0.3) is 0 Å². The summed E-state index contributed by atoms with van der Waals surface area (Å²) >= 11 is 5.04. The maximum atomic E-state index is 12.9. The van der Waals surface area contributed by atoms with Crippen molar-refractivity contribution in [3.63, 3.8) is 0 Å². The molecule has 2 aromatic carbocycles. The Labute approximate surface area is 109 Å². The molecular formula is C13H10F2N2S. The SMILES string of the molecule is Fc1cccc(NC(=S)Nc2cccc(F)c2)c1. The first-order valence-electron chi connectivity index (χ1n) is 5.22. The fourth-order valence-electron chi connectivity index (χ4n) is 1.43. The lowest BCUT2D eigenvalue weighted by atomic mass is 10.3. The van der Waals surface area contributed by atoms with Crippen LogP contribution in [-0.2, 0) is 0 Å². The van der Waals surface area contributed by atoms with Crippen LogP contribution in [0.25, 0.3) is 0 Å². The van der Waals surface area contributed by atoms with Gasteiger partial charge in [-0.1, -0.05) is 12.1 Å². The van der Waals surface area contributed by atoms with Crippen molar-refractivity contribution >= 4 is 28.7 Å². The van der Waals surface area contributed by atoms with E-state index in [-0.39, 0.29) is 16.7 Å². The molecule has 2 aromatic rings. The zero-order chi connectivity index (χ0) is 13.0. The molecule has 0 fully saturated rings. The minimum Gasteiger partial charge on any atom is -0.332 e. The van der Waals surface area contributed by atoms with E-state index in [4.69, 9.17) is 12.2 Å². The number of hydrogen-bond donors (Lipinski definition) is 2. The molecule has 5 heteroatoms. The average Bonchev–Trinajstić information content (AvgIpc) is 2.28. The maximum absolute atomic E-state index is 12.9. The Hall–Kier alpha value is -2.01. The molecule has 18 heavy (non-hydrogen) atoms. The highest BCUT2D eigenvalue weighted by Crippen LogP contribution is 2.12. The summed E-state index contributed by atoms with van der Waals surface area (Å²) in [6.07, 6.45) is 0. The number of halogens is 2. The van der Waals surface area contributed by atoms with Crippen molar-refractivity contribution in [2.24, 2.45) is 0 Å². The molecule has 0 aliphatic heterocycles. The van der Waals surface area contributed by atoms with Gasteiger partial charge < -0.3 is 10.6 Å². The Morgan fingerprint density at radius 1 is 0.833 bits per heavy atom. The summed E-state index contributed by atoms with van der Waals surface area (Å²) in [6.45, 7) is 0. The van der Waals surface area contributed by atoms with Crippen LogP contribution >= 0.6 is 12.2 Å². The third kappa shape index (κ3) is 3.49. The molecule has 2 N–H and O–H groups in total. The highest BCUT2D eigenvalue weighted by Gasteiger charge is 2.00. The molecule has 0 unspecified atom stereocenters. The molecule has 0 heterocycles. The number of anilines is 2. The summed E-state index contributed by atoms with van der Waals surface area (Å²) in [5.74, 6) is -0.706. The van der Waals surface area contributed by atoms with Gasteiger partial charge in [-0.15, -0.1) is 0 Å². The molecule has 0 amide bonds. The van der Waals surface area contributed by atoms with Gasteiger partial charge in [-0.2, -0.15) is 0 Å². The van der Waals surface area contributed by atoms with Gasteiger partial charge in [0.2, 0.25) is 0 Å². The molecular weight excluding hydrogens is 254 g/mol. The Kier molecular flexibility index (Phi) is 3.84. The Bertz CT molecular complexity index is 523. The monoisotopic (exact) mass is 264 g/mol. The fourth-order valence-corrected chi connectivity index (χ4v) is 1.66. The Morgan fingerprint density at radius 3 is 1.67 bits per heavy atom. The number of benzene rings is 2. The molecule has 0 aliphatic carbocycles. The quantitative estimate of drug-likeness (QED) is 0.807. The van der Waals surface area contributed by atoms with Crippen molar-refractivity contribution in [3.05, 3.63) is 60.2 Å². The molecule has 0 saturated heterocycles. The molecule has 0 bridgehead atoms. The zero-order valence-electron chi connectivity index (χ0n) is 9.28. The summed E-state index contributed by atoms with van der Waals surface area (Å²) in [4.78, 5) is 0. The molecule has 0 saturated carbocycles. The first kappa shape index (κ1) is 12.4. The second-order valence-corrected chi connectivity index (χ2v) is 4.01. The van der Waals surface area contributed by atoms with Gasteiger partial charge >= 0.3 is 0 Å². The van der Waals surface area contributed by atoms with Crippen molar-refractivity contribution in [2.75, 3.05) is 10.6 Å². The molecule has 0 aliphatic rings. The number of thiocarbonyl (C=S) groups is 1. The van der Waals surface area contributed by atoms with Crippen LogP contribution < -0.4 is 10.6 Å². The van der Waals surface area contributed by atoms with Crippen LogP contribution in [0.3, 0.4) is 0 Å². The average molecular weight is 264 g/mol. The molecule has 92 valence electrons. The van der Waals surface area contributed by atoms with E-state index in [2.05, 4.69) is 10.6 Å². The summed E-state index contributed by atoms with van der Waals surface area (Å²) in [7, 11) is 0. The summed E-state index contributed by atoms with van der Waals surface area (Å²) in [5, 5.41) is 5.89. The summed E-state index contributed by atoms with van der Waals surface area (Å²) in [6, 6.07) is 11.8. The van der Waals surface area contributed by atoms with Gasteiger partial charge in [-0.05, 0) is 48.6 Å². The van der Waals surface area contributed by atoms with Crippen LogP contribution in [0, 0.1) is 11.6 Å². The standard InChI is InChI=1S/C13H10F2N2S/c14-9-3-1-5-11(7-9)16-13(18)17-12-6-2-4-10(15)8-12/h1-8H,(H2,16,17,18). The highest BCUT2D eigenvalue weighted by molar-refractivity contribution is 7.80. The van der Waals surface area contributed by atoms with Gasteiger partial charge in [0, 0.05) is 11.4 Å². The predicted octanol–water partition coefficient (Wildman–Crippen LogP) is 3.77. The number of nitrogens with one attached hydrogen (secondary N) is 2. The summed E-state index contributed by atoms with van der Waals surface area (Å²) in [5.41, 5.74) is 1.06.